The minimum atomic E-state index is -0.332. The summed E-state index contributed by atoms with van der Waals surface area (Å²) < 4.78 is 0. The van der Waals surface area contributed by atoms with Gasteiger partial charge in [0, 0.05) is 43.1 Å². The first kappa shape index (κ1) is 17.3. The normalized spacial score (nSPS) is 12.3. The summed E-state index contributed by atoms with van der Waals surface area (Å²) in [5.74, 6) is 0.596. The van der Waals surface area contributed by atoms with Gasteiger partial charge in [-0.3, -0.25) is 10.1 Å². The maximum Gasteiger partial charge on any atom is 0.273 e. The van der Waals surface area contributed by atoms with Crippen LogP contribution in [0.15, 0.2) is 18.2 Å². The fraction of sp³-hybridized carbons (Fsp3) is 0.625. The van der Waals surface area contributed by atoms with Crippen LogP contribution in [0.5, 0.6) is 0 Å². The largest absolute Gasteiger partial charge is 0.385 e. The number of hydrogen-bond acceptors (Lipinski definition) is 4. The third kappa shape index (κ3) is 5.25. The first-order valence-corrected chi connectivity index (χ1v) is 7.61. The molecule has 1 N–H and O–H groups in total. The minimum Gasteiger partial charge on any atom is -0.385 e. The maximum absolute atomic E-state index is 11.1. The van der Waals surface area contributed by atoms with Crippen molar-refractivity contribution in [1.29, 1.82) is 0 Å². The van der Waals surface area contributed by atoms with Crippen molar-refractivity contribution in [3.8, 4) is 0 Å². The van der Waals surface area contributed by atoms with E-state index in [9.17, 15) is 10.1 Å². The van der Waals surface area contributed by atoms with Crippen LogP contribution in [-0.4, -0.2) is 24.6 Å². The summed E-state index contributed by atoms with van der Waals surface area (Å²) in [6.45, 7) is 9.41. The van der Waals surface area contributed by atoms with Crippen molar-refractivity contribution in [1.82, 2.24) is 0 Å². The van der Waals surface area contributed by atoms with Crippen LogP contribution in [0.2, 0.25) is 0 Å². The molecule has 0 fully saturated rings. The van der Waals surface area contributed by atoms with Gasteiger partial charge in [0.1, 0.15) is 0 Å². The summed E-state index contributed by atoms with van der Waals surface area (Å²) >= 11 is 0. The highest BCUT2D eigenvalue weighted by atomic mass is 16.6. The lowest BCUT2D eigenvalue weighted by molar-refractivity contribution is -0.384. The van der Waals surface area contributed by atoms with E-state index in [2.05, 4.69) is 37.9 Å². The smallest absolute Gasteiger partial charge is 0.273 e. The number of benzene rings is 1. The Labute approximate surface area is 127 Å². The van der Waals surface area contributed by atoms with Gasteiger partial charge < -0.3 is 10.2 Å². The molecule has 5 heteroatoms. The van der Waals surface area contributed by atoms with E-state index >= 15 is 0 Å². The van der Waals surface area contributed by atoms with Gasteiger partial charge in [-0.05, 0) is 31.7 Å². The first-order valence-electron chi connectivity index (χ1n) is 7.61. The van der Waals surface area contributed by atoms with E-state index in [-0.39, 0.29) is 10.6 Å². The minimum absolute atomic E-state index is 0.134. The van der Waals surface area contributed by atoms with Crippen LogP contribution in [0.3, 0.4) is 0 Å². The molecular weight excluding hydrogens is 266 g/mol. The average molecular weight is 293 g/mol. The molecule has 0 aliphatic heterocycles. The standard InChI is InChI=1S/C16H27N3O2/c1-6-7-17-14-9-15(11-16(10-14)19(20)21)18(5)13(4)8-12(2)3/h9-13,17H,6-8H2,1-5H3. The van der Waals surface area contributed by atoms with Gasteiger partial charge in [0.25, 0.3) is 5.69 Å². The number of non-ortho nitro benzene ring substituents is 1. The Balaban J connectivity index is 3.03. The molecule has 0 spiro atoms. The van der Waals surface area contributed by atoms with E-state index in [1.807, 2.05) is 13.1 Å². The molecule has 0 amide bonds. The lowest BCUT2D eigenvalue weighted by Crippen LogP contribution is -2.30. The molecule has 1 aromatic carbocycles. The van der Waals surface area contributed by atoms with Crippen molar-refractivity contribution in [2.45, 2.75) is 46.6 Å². The molecule has 5 nitrogen and oxygen atoms in total. The zero-order chi connectivity index (χ0) is 16.0. The second kappa shape index (κ2) is 7.86. The van der Waals surface area contributed by atoms with Gasteiger partial charge in [0.05, 0.1) is 4.92 Å². The summed E-state index contributed by atoms with van der Waals surface area (Å²) in [6, 6.07) is 5.57. The van der Waals surface area contributed by atoms with Crippen LogP contribution < -0.4 is 10.2 Å². The van der Waals surface area contributed by atoms with Gasteiger partial charge in [-0.15, -0.1) is 0 Å². The fourth-order valence-corrected chi connectivity index (χ4v) is 2.37. The van der Waals surface area contributed by atoms with E-state index in [1.165, 1.54) is 0 Å². The third-order valence-electron chi connectivity index (χ3n) is 3.57. The van der Waals surface area contributed by atoms with Gasteiger partial charge in [-0.1, -0.05) is 20.8 Å². The van der Waals surface area contributed by atoms with Gasteiger partial charge in [0.2, 0.25) is 0 Å². The van der Waals surface area contributed by atoms with Crippen molar-refractivity contribution in [3.05, 3.63) is 28.3 Å². The lowest BCUT2D eigenvalue weighted by atomic mass is 10.0. The Kier molecular flexibility index (Phi) is 6.46. The van der Waals surface area contributed by atoms with Crippen LogP contribution in [-0.2, 0) is 0 Å². The molecule has 0 radical (unpaired) electrons. The molecule has 0 bridgehead atoms. The molecule has 0 saturated heterocycles. The van der Waals surface area contributed by atoms with Gasteiger partial charge in [-0.25, -0.2) is 0 Å². The Morgan fingerprint density at radius 1 is 1.29 bits per heavy atom. The Morgan fingerprint density at radius 2 is 1.95 bits per heavy atom. The maximum atomic E-state index is 11.1. The lowest BCUT2D eigenvalue weighted by Gasteiger charge is -2.28. The fourth-order valence-electron chi connectivity index (χ4n) is 2.37. The van der Waals surface area contributed by atoms with E-state index in [0.29, 0.717) is 12.0 Å². The number of rotatable bonds is 8. The van der Waals surface area contributed by atoms with Crippen molar-refractivity contribution < 1.29 is 4.92 Å². The number of nitro benzene ring substituents is 1. The Bertz CT molecular complexity index is 475. The molecular formula is C16H27N3O2. The second-order valence-electron chi connectivity index (χ2n) is 6.01. The molecule has 1 aromatic rings. The van der Waals surface area contributed by atoms with Crippen LogP contribution in [0.1, 0.15) is 40.5 Å². The number of nitrogens with zero attached hydrogens (tertiary/aromatic N) is 2. The van der Waals surface area contributed by atoms with Crippen molar-refractivity contribution in [3.63, 3.8) is 0 Å². The molecule has 1 rings (SSSR count). The highest BCUT2D eigenvalue weighted by molar-refractivity contribution is 5.64. The SMILES string of the molecule is CCCNc1cc(N(C)C(C)CC(C)C)cc([N+](=O)[O-])c1. The topological polar surface area (TPSA) is 58.4 Å². The van der Waals surface area contributed by atoms with Gasteiger partial charge in [-0.2, -0.15) is 0 Å². The molecule has 0 aromatic heterocycles. The number of nitro groups is 1. The first-order chi connectivity index (χ1) is 9.85. The Morgan fingerprint density at radius 3 is 2.48 bits per heavy atom. The van der Waals surface area contributed by atoms with E-state index in [4.69, 9.17) is 0 Å². The van der Waals surface area contributed by atoms with Crippen molar-refractivity contribution >= 4 is 17.1 Å². The number of nitrogens with one attached hydrogen (secondary N) is 1. The van der Waals surface area contributed by atoms with E-state index in [0.717, 1.165) is 30.8 Å². The molecule has 1 unspecified atom stereocenters. The summed E-state index contributed by atoms with van der Waals surface area (Å²) in [4.78, 5) is 12.9. The summed E-state index contributed by atoms with van der Waals surface area (Å²) in [5.41, 5.74) is 1.83. The molecule has 0 aliphatic carbocycles. The predicted molar refractivity (Wildman–Crippen MR) is 89.2 cm³/mol. The number of hydrogen-bond donors (Lipinski definition) is 1. The summed E-state index contributed by atoms with van der Waals surface area (Å²) in [6.07, 6.45) is 2.04. The Hall–Kier alpha value is -1.78. The van der Waals surface area contributed by atoms with Crippen LogP contribution in [0, 0.1) is 16.0 Å². The second-order valence-corrected chi connectivity index (χ2v) is 6.01. The van der Waals surface area contributed by atoms with Crippen molar-refractivity contribution in [2.75, 3.05) is 23.8 Å². The van der Waals surface area contributed by atoms with Crippen LogP contribution in [0.4, 0.5) is 17.1 Å². The predicted octanol–water partition coefficient (Wildman–Crippen LogP) is 4.29. The molecule has 1 atom stereocenters. The summed E-state index contributed by atoms with van der Waals surface area (Å²) in [7, 11) is 2.00. The van der Waals surface area contributed by atoms with E-state index < -0.39 is 0 Å². The zero-order valence-corrected chi connectivity index (χ0v) is 13.7. The van der Waals surface area contributed by atoms with Gasteiger partial charge >= 0.3 is 0 Å². The molecule has 0 saturated carbocycles. The quantitative estimate of drug-likeness (QED) is 0.574. The zero-order valence-electron chi connectivity index (χ0n) is 13.7. The molecule has 118 valence electrons. The number of anilines is 2. The molecule has 0 aliphatic rings. The van der Waals surface area contributed by atoms with Crippen molar-refractivity contribution in [2.24, 2.45) is 5.92 Å². The highest BCUT2D eigenvalue weighted by Crippen LogP contribution is 2.28. The molecule has 0 heterocycles. The average Bonchev–Trinajstić information content (AvgIpc) is 2.43. The van der Waals surface area contributed by atoms with Crippen LogP contribution in [0.25, 0.3) is 0 Å². The summed E-state index contributed by atoms with van der Waals surface area (Å²) in [5, 5.41) is 14.3. The monoisotopic (exact) mass is 293 g/mol. The van der Waals surface area contributed by atoms with Crippen LogP contribution >= 0.6 is 0 Å². The van der Waals surface area contributed by atoms with Gasteiger partial charge in [0.15, 0.2) is 0 Å². The van der Waals surface area contributed by atoms with E-state index in [1.54, 1.807) is 12.1 Å². The third-order valence-corrected chi connectivity index (χ3v) is 3.57. The molecule has 21 heavy (non-hydrogen) atoms. The highest BCUT2D eigenvalue weighted by Gasteiger charge is 2.16.